The van der Waals surface area contributed by atoms with Crippen molar-refractivity contribution in [2.24, 2.45) is 0 Å². The van der Waals surface area contributed by atoms with Gasteiger partial charge in [-0.3, -0.25) is 14.7 Å². The molecule has 4 N–H and O–H groups in total. The maximum Gasteiger partial charge on any atom is 0.358 e. The van der Waals surface area contributed by atoms with E-state index in [2.05, 4.69) is 10.6 Å². The van der Waals surface area contributed by atoms with Gasteiger partial charge in [0.05, 0.1) is 17.7 Å². The Bertz CT molecular complexity index is 713. The van der Waals surface area contributed by atoms with Crippen LogP contribution in [-0.2, 0) is 19.2 Å². The van der Waals surface area contributed by atoms with Crippen molar-refractivity contribution >= 4 is 29.0 Å². The fourth-order valence-corrected chi connectivity index (χ4v) is 5.04. The van der Waals surface area contributed by atoms with Gasteiger partial charge in [0.15, 0.2) is 0 Å². The van der Waals surface area contributed by atoms with Gasteiger partial charge in [-0.15, -0.1) is 0 Å². The van der Waals surface area contributed by atoms with Gasteiger partial charge >= 0.3 is 7.60 Å². The summed E-state index contributed by atoms with van der Waals surface area (Å²) in [6.07, 6.45) is 0. The van der Waals surface area contributed by atoms with Crippen molar-refractivity contribution < 1.29 is 32.3 Å². The number of nitrogens with one attached hydrogen (secondary N) is 2. The van der Waals surface area contributed by atoms with Gasteiger partial charge in [0.25, 0.3) is 0 Å². The van der Waals surface area contributed by atoms with Gasteiger partial charge in [-0.1, -0.05) is 0 Å². The summed E-state index contributed by atoms with van der Waals surface area (Å²) in [6.45, 7) is 1.23. The fraction of sp³-hybridized carbons (Fsp3) is 0.364. The SMILES string of the molecule is CNC(P(=O)(O)O)S(=O)(=O)c1ccc(OC)c(NC(C)=O)c1. The van der Waals surface area contributed by atoms with E-state index < -0.39 is 28.5 Å². The highest BCUT2D eigenvalue weighted by molar-refractivity contribution is 7.98. The van der Waals surface area contributed by atoms with E-state index in [1.807, 2.05) is 0 Å². The number of carbonyl (C=O) groups excluding carboxylic acids is 1. The van der Waals surface area contributed by atoms with Crippen LogP contribution < -0.4 is 15.4 Å². The first-order chi connectivity index (χ1) is 10.0. The number of benzene rings is 1. The Labute approximate surface area is 127 Å². The van der Waals surface area contributed by atoms with Gasteiger partial charge in [-0.25, -0.2) is 8.42 Å². The second-order valence-electron chi connectivity index (χ2n) is 4.32. The maximum absolute atomic E-state index is 12.3. The van der Waals surface area contributed by atoms with E-state index in [0.29, 0.717) is 0 Å². The first kappa shape index (κ1) is 18.6. The molecule has 0 aliphatic rings. The van der Waals surface area contributed by atoms with Gasteiger partial charge in [0.1, 0.15) is 5.75 Å². The van der Waals surface area contributed by atoms with Gasteiger partial charge in [0.2, 0.25) is 20.9 Å². The van der Waals surface area contributed by atoms with Crippen LogP contribution in [0.2, 0.25) is 0 Å². The zero-order valence-electron chi connectivity index (χ0n) is 12.1. The summed E-state index contributed by atoms with van der Waals surface area (Å²) in [5.74, 6) is -0.237. The van der Waals surface area contributed by atoms with E-state index in [9.17, 15) is 17.8 Å². The Hall–Kier alpha value is -1.45. The molecule has 1 amide bonds. The Balaban J connectivity index is 3.43. The normalized spacial score (nSPS) is 13.5. The molecule has 1 aromatic rings. The molecule has 0 radical (unpaired) electrons. The van der Waals surface area contributed by atoms with Crippen molar-refractivity contribution in [2.75, 3.05) is 19.5 Å². The van der Waals surface area contributed by atoms with Crippen LogP contribution in [0.5, 0.6) is 5.75 Å². The van der Waals surface area contributed by atoms with Crippen molar-refractivity contribution in [3.05, 3.63) is 18.2 Å². The molecular formula is C11H17N2O7PS. The van der Waals surface area contributed by atoms with E-state index in [4.69, 9.17) is 14.5 Å². The molecule has 1 atom stereocenters. The molecular weight excluding hydrogens is 335 g/mol. The number of carbonyl (C=O) groups is 1. The van der Waals surface area contributed by atoms with E-state index in [1.165, 1.54) is 20.1 Å². The highest BCUT2D eigenvalue weighted by atomic mass is 32.2. The average molecular weight is 352 g/mol. The fourth-order valence-electron chi connectivity index (χ4n) is 1.78. The lowest BCUT2D eigenvalue weighted by atomic mass is 10.3. The number of amides is 1. The number of anilines is 1. The summed E-state index contributed by atoms with van der Waals surface area (Å²) in [4.78, 5) is 29.1. The molecule has 0 aromatic heterocycles. The number of rotatable bonds is 6. The molecule has 1 aromatic carbocycles. The zero-order chi connectivity index (χ0) is 17.1. The molecule has 0 aliphatic heterocycles. The molecule has 11 heteroatoms. The number of hydrogen-bond acceptors (Lipinski definition) is 6. The minimum Gasteiger partial charge on any atom is -0.495 e. The van der Waals surface area contributed by atoms with E-state index in [-0.39, 0.29) is 16.3 Å². The lowest BCUT2D eigenvalue weighted by Gasteiger charge is -2.19. The lowest BCUT2D eigenvalue weighted by molar-refractivity contribution is -0.114. The summed E-state index contributed by atoms with van der Waals surface area (Å²) in [5, 5.41) is 2.40. The number of hydrogen-bond donors (Lipinski definition) is 4. The van der Waals surface area contributed by atoms with Crippen molar-refractivity contribution in [2.45, 2.75) is 16.9 Å². The van der Waals surface area contributed by atoms with E-state index >= 15 is 0 Å². The smallest absolute Gasteiger partial charge is 0.358 e. The number of ether oxygens (including phenoxy) is 1. The van der Waals surface area contributed by atoms with Crippen LogP contribution in [0.15, 0.2) is 23.1 Å². The highest BCUT2D eigenvalue weighted by Gasteiger charge is 2.40. The molecule has 1 rings (SSSR count). The molecule has 1 unspecified atom stereocenters. The summed E-state index contributed by atoms with van der Waals surface area (Å²) < 4.78 is 41.0. The van der Waals surface area contributed by atoms with Gasteiger partial charge in [-0.2, -0.15) is 0 Å². The molecule has 9 nitrogen and oxygen atoms in total. The zero-order valence-corrected chi connectivity index (χ0v) is 13.8. The van der Waals surface area contributed by atoms with Crippen LogP contribution in [0.25, 0.3) is 0 Å². The molecule has 0 spiro atoms. The van der Waals surface area contributed by atoms with Gasteiger partial charge < -0.3 is 19.8 Å². The summed E-state index contributed by atoms with van der Waals surface area (Å²) in [6, 6.07) is 3.50. The molecule has 0 saturated heterocycles. The second kappa shape index (κ2) is 6.76. The van der Waals surface area contributed by atoms with Gasteiger partial charge in [-0.05, 0) is 25.2 Å². The standard InChI is InChI=1S/C11H17N2O7PS/c1-7(14)13-9-6-8(4-5-10(9)20-3)22(18,19)11(12-2)21(15,16)17/h4-6,11-12H,1-3H3,(H,13,14)(H2,15,16,17). The van der Waals surface area contributed by atoms with Crippen molar-refractivity contribution in [3.63, 3.8) is 0 Å². The molecule has 0 bridgehead atoms. The second-order valence-corrected chi connectivity index (χ2v) is 8.40. The Morgan fingerprint density at radius 3 is 2.36 bits per heavy atom. The van der Waals surface area contributed by atoms with E-state index in [1.54, 1.807) is 0 Å². The Morgan fingerprint density at radius 2 is 1.95 bits per heavy atom. The Kier molecular flexibility index (Phi) is 5.71. The predicted molar refractivity (Wildman–Crippen MR) is 79.4 cm³/mol. The van der Waals surface area contributed by atoms with Crippen LogP contribution in [0.1, 0.15) is 6.92 Å². The molecule has 0 fully saturated rings. The van der Waals surface area contributed by atoms with Crippen LogP contribution in [0.3, 0.4) is 0 Å². The summed E-state index contributed by atoms with van der Waals surface area (Å²) >= 11 is 0. The van der Waals surface area contributed by atoms with Crippen LogP contribution in [-0.4, -0.2) is 43.4 Å². The highest BCUT2D eigenvalue weighted by Crippen LogP contribution is 2.44. The van der Waals surface area contributed by atoms with Crippen molar-refractivity contribution in [1.29, 1.82) is 0 Å². The quantitative estimate of drug-likeness (QED) is 0.528. The number of methoxy groups -OCH3 is 1. The van der Waals surface area contributed by atoms with Crippen LogP contribution in [0.4, 0.5) is 5.69 Å². The van der Waals surface area contributed by atoms with Gasteiger partial charge in [0, 0.05) is 6.92 Å². The molecule has 0 saturated carbocycles. The molecule has 0 aliphatic carbocycles. The van der Waals surface area contributed by atoms with Crippen molar-refractivity contribution in [1.82, 2.24) is 5.32 Å². The Morgan fingerprint density at radius 1 is 1.36 bits per heavy atom. The first-order valence-corrected chi connectivity index (χ1v) is 9.19. The molecule has 22 heavy (non-hydrogen) atoms. The summed E-state index contributed by atoms with van der Waals surface area (Å²) in [5.41, 5.74) is 0.0802. The average Bonchev–Trinajstić information content (AvgIpc) is 2.36. The monoisotopic (exact) mass is 352 g/mol. The minimum atomic E-state index is -4.94. The van der Waals surface area contributed by atoms with Crippen LogP contribution in [0, 0.1) is 0 Å². The lowest BCUT2D eigenvalue weighted by Crippen LogP contribution is -2.34. The van der Waals surface area contributed by atoms with Crippen LogP contribution >= 0.6 is 7.60 Å². The topological polar surface area (TPSA) is 142 Å². The minimum absolute atomic E-state index is 0.0802. The molecule has 0 heterocycles. The number of sulfone groups is 1. The summed E-state index contributed by atoms with van der Waals surface area (Å²) in [7, 11) is -6.86. The predicted octanol–water partition coefficient (Wildman–Crippen LogP) is 0.108. The molecule has 124 valence electrons. The third-order valence-electron chi connectivity index (χ3n) is 2.66. The third-order valence-corrected chi connectivity index (χ3v) is 6.92. The maximum atomic E-state index is 12.3. The van der Waals surface area contributed by atoms with Crippen molar-refractivity contribution in [3.8, 4) is 5.75 Å². The third kappa shape index (κ3) is 4.05. The van der Waals surface area contributed by atoms with E-state index in [0.717, 1.165) is 19.2 Å². The largest absolute Gasteiger partial charge is 0.495 e. The first-order valence-electron chi connectivity index (χ1n) is 5.96.